The van der Waals surface area contributed by atoms with E-state index in [0.29, 0.717) is 12.0 Å². The molecule has 0 saturated heterocycles. The van der Waals surface area contributed by atoms with Crippen LogP contribution in [0.5, 0.6) is 0 Å². The van der Waals surface area contributed by atoms with Gasteiger partial charge in [-0.15, -0.1) is 11.8 Å². The molecule has 0 radical (unpaired) electrons. The molecule has 0 bridgehead atoms. The van der Waals surface area contributed by atoms with Gasteiger partial charge in [-0.2, -0.15) is 13.2 Å². The summed E-state index contributed by atoms with van der Waals surface area (Å²) in [5.74, 6) is -1.03. The van der Waals surface area contributed by atoms with Gasteiger partial charge < -0.3 is 11.5 Å². The van der Waals surface area contributed by atoms with Crippen molar-refractivity contribution >= 4 is 23.6 Å². The van der Waals surface area contributed by atoms with Crippen LogP contribution in [0, 0.1) is 0 Å². The minimum atomic E-state index is -4.44. The molecular weight excluding hydrogens is 365 g/mol. The molecular formula is C17H19F3N4OS. The molecule has 2 aliphatic rings. The van der Waals surface area contributed by atoms with Gasteiger partial charge in [0.05, 0.1) is 16.9 Å². The van der Waals surface area contributed by atoms with E-state index in [-0.39, 0.29) is 17.2 Å². The Bertz CT molecular complexity index is 790. The van der Waals surface area contributed by atoms with Gasteiger partial charge in [-0.05, 0) is 31.0 Å². The van der Waals surface area contributed by atoms with E-state index in [0.717, 1.165) is 17.0 Å². The number of thioether (sulfide) groups is 1. The normalized spacial score (nSPS) is 29.6. The quantitative estimate of drug-likeness (QED) is 0.821. The van der Waals surface area contributed by atoms with Gasteiger partial charge in [0.25, 0.3) is 0 Å². The van der Waals surface area contributed by atoms with E-state index in [2.05, 4.69) is 4.99 Å². The van der Waals surface area contributed by atoms with Crippen molar-refractivity contribution in [2.45, 2.75) is 36.4 Å². The molecule has 2 heterocycles. The molecule has 0 saturated carbocycles. The zero-order valence-electron chi connectivity index (χ0n) is 14.2. The number of likely N-dealkylation sites (N-methyl/N-ethyl adjacent to an activating group) is 1. The molecule has 1 aromatic rings. The maximum absolute atomic E-state index is 12.9. The van der Waals surface area contributed by atoms with Crippen molar-refractivity contribution in [3.8, 4) is 0 Å². The van der Waals surface area contributed by atoms with Crippen LogP contribution in [-0.2, 0) is 11.0 Å². The first-order chi connectivity index (χ1) is 12.0. The Balaban J connectivity index is 2.08. The Morgan fingerprint density at radius 2 is 1.92 bits per heavy atom. The molecule has 9 heteroatoms. The fourth-order valence-corrected chi connectivity index (χ4v) is 4.38. The lowest BCUT2D eigenvalue weighted by Crippen LogP contribution is -2.54. The van der Waals surface area contributed by atoms with Crippen molar-refractivity contribution in [2.24, 2.45) is 16.5 Å². The van der Waals surface area contributed by atoms with Crippen molar-refractivity contribution in [2.75, 3.05) is 7.05 Å². The summed E-state index contributed by atoms with van der Waals surface area (Å²) in [6.07, 6.45) is -1.88. The number of hydrogen-bond donors (Lipinski definition) is 2. The van der Waals surface area contributed by atoms with Gasteiger partial charge in [-0.3, -0.25) is 9.69 Å². The van der Waals surface area contributed by atoms with Crippen LogP contribution in [0.1, 0.15) is 30.4 Å². The van der Waals surface area contributed by atoms with Gasteiger partial charge in [0, 0.05) is 12.0 Å². The number of hydrogen-bond acceptors (Lipinski definition) is 5. The van der Waals surface area contributed by atoms with Gasteiger partial charge in [-0.25, -0.2) is 4.99 Å². The van der Waals surface area contributed by atoms with E-state index in [1.54, 1.807) is 6.92 Å². The molecule has 1 unspecified atom stereocenters. The fourth-order valence-electron chi connectivity index (χ4n) is 3.26. The number of amides is 1. The van der Waals surface area contributed by atoms with E-state index in [9.17, 15) is 18.0 Å². The second kappa shape index (κ2) is 6.31. The molecule has 0 aliphatic carbocycles. The highest BCUT2D eigenvalue weighted by Gasteiger charge is 2.49. The summed E-state index contributed by atoms with van der Waals surface area (Å²) in [4.78, 5) is 19.5. The Kier molecular flexibility index (Phi) is 4.56. The Labute approximate surface area is 153 Å². The van der Waals surface area contributed by atoms with Crippen LogP contribution in [0.4, 0.5) is 13.2 Å². The molecule has 26 heavy (non-hydrogen) atoms. The molecule has 0 aromatic heterocycles. The zero-order valence-corrected chi connectivity index (χ0v) is 15.1. The van der Waals surface area contributed by atoms with Crippen LogP contribution < -0.4 is 11.5 Å². The Morgan fingerprint density at radius 1 is 1.31 bits per heavy atom. The third-order valence-electron chi connectivity index (χ3n) is 4.71. The van der Waals surface area contributed by atoms with E-state index >= 15 is 0 Å². The molecule has 0 fully saturated rings. The third kappa shape index (κ3) is 3.09. The van der Waals surface area contributed by atoms with Gasteiger partial charge in [0.2, 0.25) is 5.91 Å². The van der Waals surface area contributed by atoms with E-state index in [1.165, 1.54) is 35.8 Å². The van der Waals surface area contributed by atoms with Crippen LogP contribution >= 0.6 is 11.8 Å². The number of halogens is 3. The molecule has 5 nitrogen and oxygen atoms in total. The predicted molar refractivity (Wildman–Crippen MR) is 95.2 cm³/mol. The fraction of sp³-hybridized carbons (Fsp3) is 0.412. The average molecular weight is 384 g/mol. The summed E-state index contributed by atoms with van der Waals surface area (Å²) in [5, 5.41) is -0.138. The highest BCUT2D eigenvalue weighted by molar-refractivity contribution is 8.04. The van der Waals surface area contributed by atoms with Crippen LogP contribution in [0.25, 0.3) is 0 Å². The number of carbonyl (C=O) groups excluding carboxylic acids is 1. The molecule has 0 spiro atoms. The number of benzene rings is 1. The van der Waals surface area contributed by atoms with Crippen molar-refractivity contribution < 1.29 is 18.0 Å². The molecule has 140 valence electrons. The lowest BCUT2D eigenvalue weighted by molar-refractivity contribution is -0.137. The van der Waals surface area contributed by atoms with E-state index in [1.807, 2.05) is 6.08 Å². The van der Waals surface area contributed by atoms with Crippen molar-refractivity contribution in [1.29, 1.82) is 0 Å². The van der Waals surface area contributed by atoms with Crippen molar-refractivity contribution in [3.05, 3.63) is 46.4 Å². The standard InChI is InChI=1S/C17H19F3N4OS/c1-16(11-7-8-12(21)26-11)13(14(25)24(2)15(22)23-16)9-3-5-10(6-4-9)17(18,19)20/h3-7,12-13H,8,21H2,1-2H3,(H2,22,23)/t12?,13-,16+/m0/s1. The average Bonchev–Trinajstić information content (AvgIpc) is 3.00. The van der Waals surface area contributed by atoms with Gasteiger partial charge in [-0.1, -0.05) is 18.2 Å². The van der Waals surface area contributed by atoms with Gasteiger partial charge in [0.1, 0.15) is 5.54 Å². The number of carbonyl (C=O) groups is 1. The van der Waals surface area contributed by atoms with Crippen LogP contribution in [0.15, 0.2) is 40.2 Å². The summed E-state index contributed by atoms with van der Waals surface area (Å²) in [6, 6.07) is 4.61. The smallest absolute Gasteiger partial charge is 0.369 e. The highest BCUT2D eigenvalue weighted by atomic mass is 32.2. The number of aliphatic imine (C=N–C) groups is 1. The van der Waals surface area contributed by atoms with Crippen LogP contribution in [-0.4, -0.2) is 34.7 Å². The topological polar surface area (TPSA) is 84.7 Å². The summed E-state index contributed by atoms with van der Waals surface area (Å²) in [7, 11) is 1.50. The number of nitrogens with two attached hydrogens (primary N) is 2. The van der Waals surface area contributed by atoms with Crippen molar-refractivity contribution in [3.63, 3.8) is 0 Å². The first-order valence-corrected chi connectivity index (χ1v) is 8.85. The lowest BCUT2D eigenvalue weighted by Gasteiger charge is -2.41. The SMILES string of the molecule is CN1C(=O)[C@H](c2ccc(C(F)(F)F)cc2)[C@@](C)(C2=CCC(N)S2)N=C1N. The predicted octanol–water partition coefficient (Wildman–Crippen LogP) is 2.64. The first-order valence-electron chi connectivity index (χ1n) is 7.97. The van der Waals surface area contributed by atoms with Gasteiger partial charge in [0.15, 0.2) is 5.96 Å². The zero-order chi connectivity index (χ0) is 19.3. The highest BCUT2D eigenvalue weighted by Crippen LogP contribution is 2.48. The lowest BCUT2D eigenvalue weighted by atomic mass is 9.78. The second-order valence-corrected chi connectivity index (χ2v) is 7.81. The molecule has 4 N–H and O–H groups in total. The number of guanidine groups is 1. The molecule has 1 aromatic carbocycles. The molecule has 3 atom stereocenters. The first kappa shape index (κ1) is 18.8. The second-order valence-electron chi connectivity index (χ2n) is 6.53. The Hall–Kier alpha value is -2.00. The number of nitrogens with zero attached hydrogens (tertiary/aromatic N) is 2. The van der Waals surface area contributed by atoms with E-state index in [4.69, 9.17) is 11.5 Å². The maximum Gasteiger partial charge on any atom is 0.416 e. The van der Waals surface area contributed by atoms with Gasteiger partial charge >= 0.3 is 6.18 Å². The third-order valence-corrected chi connectivity index (χ3v) is 6.04. The Morgan fingerprint density at radius 3 is 2.42 bits per heavy atom. The minimum Gasteiger partial charge on any atom is -0.369 e. The molecule has 2 aliphatic heterocycles. The number of alkyl halides is 3. The molecule has 1 amide bonds. The molecule has 3 rings (SSSR count). The monoisotopic (exact) mass is 384 g/mol. The van der Waals surface area contributed by atoms with E-state index < -0.39 is 23.2 Å². The summed E-state index contributed by atoms with van der Waals surface area (Å²) < 4.78 is 38.6. The minimum absolute atomic E-state index is 0.0719. The summed E-state index contributed by atoms with van der Waals surface area (Å²) in [5.41, 5.74) is 10.5. The summed E-state index contributed by atoms with van der Waals surface area (Å²) in [6.45, 7) is 1.77. The maximum atomic E-state index is 12.9. The largest absolute Gasteiger partial charge is 0.416 e. The van der Waals surface area contributed by atoms with Crippen LogP contribution in [0.3, 0.4) is 0 Å². The van der Waals surface area contributed by atoms with Crippen molar-refractivity contribution in [1.82, 2.24) is 4.90 Å². The van der Waals surface area contributed by atoms with Crippen LogP contribution in [0.2, 0.25) is 0 Å². The summed E-state index contributed by atoms with van der Waals surface area (Å²) >= 11 is 1.41. The number of rotatable bonds is 2.